The van der Waals surface area contributed by atoms with E-state index in [0.29, 0.717) is 25.3 Å². The van der Waals surface area contributed by atoms with Crippen LogP contribution in [-0.2, 0) is 9.59 Å². The number of nitrogens with zero attached hydrogens (tertiary/aromatic N) is 1. The average molecular weight is 296 g/mol. The second kappa shape index (κ2) is 7.78. The molecule has 1 aliphatic carbocycles. The van der Waals surface area contributed by atoms with Crippen molar-refractivity contribution in [3.63, 3.8) is 0 Å². The third-order valence-corrected chi connectivity index (χ3v) is 4.85. The van der Waals surface area contributed by atoms with Crippen molar-refractivity contribution in [1.82, 2.24) is 10.2 Å². The van der Waals surface area contributed by atoms with Crippen molar-refractivity contribution in [2.75, 3.05) is 26.2 Å². The van der Waals surface area contributed by atoms with Gasteiger partial charge in [0, 0.05) is 6.54 Å². The summed E-state index contributed by atoms with van der Waals surface area (Å²) < 4.78 is 0. The van der Waals surface area contributed by atoms with Crippen LogP contribution in [0.25, 0.3) is 0 Å². The number of carbonyl (C=O) groups excluding carboxylic acids is 1. The quantitative estimate of drug-likeness (QED) is 0.732. The van der Waals surface area contributed by atoms with E-state index in [1.54, 1.807) is 0 Å². The molecule has 2 rings (SSSR count). The molecule has 2 N–H and O–H groups in total. The fraction of sp³-hybridized carbons (Fsp3) is 0.875. The van der Waals surface area contributed by atoms with Crippen molar-refractivity contribution < 1.29 is 14.7 Å². The number of nitrogens with one attached hydrogen (secondary N) is 1. The molecular formula is C16H28N2O3. The lowest BCUT2D eigenvalue weighted by Crippen LogP contribution is -2.37. The smallest absolute Gasteiger partial charge is 0.307 e. The van der Waals surface area contributed by atoms with E-state index in [4.69, 9.17) is 0 Å². The highest BCUT2D eigenvalue weighted by atomic mass is 16.4. The Hall–Kier alpha value is -1.10. The van der Waals surface area contributed by atoms with Gasteiger partial charge in [-0.25, -0.2) is 0 Å². The molecule has 1 unspecified atom stereocenters. The minimum Gasteiger partial charge on any atom is -0.481 e. The van der Waals surface area contributed by atoms with E-state index in [-0.39, 0.29) is 11.8 Å². The van der Waals surface area contributed by atoms with Gasteiger partial charge in [0.25, 0.3) is 0 Å². The summed E-state index contributed by atoms with van der Waals surface area (Å²) in [4.78, 5) is 25.8. The first-order valence-electron chi connectivity index (χ1n) is 8.31. The van der Waals surface area contributed by atoms with Crippen LogP contribution in [0.5, 0.6) is 0 Å². The molecular weight excluding hydrogens is 268 g/mol. The summed E-state index contributed by atoms with van der Waals surface area (Å²) in [5, 5.41) is 12.1. The zero-order chi connectivity index (χ0) is 15.2. The number of piperidine rings is 1. The van der Waals surface area contributed by atoms with E-state index >= 15 is 0 Å². The molecule has 0 aromatic rings. The van der Waals surface area contributed by atoms with Crippen molar-refractivity contribution in [3.05, 3.63) is 0 Å². The predicted octanol–water partition coefficient (Wildman–Crippen LogP) is 1.73. The number of carboxylic acids is 1. The zero-order valence-corrected chi connectivity index (χ0v) is 13.0. The molecule has 5 heteroatoms. The highest BCUT2D eigenvalue weighted by Crippen LogP contribution is 2.36. The Morgan fingerprint density at radius 1 is 1.14 bits per heavy atom. The number of amides is 1. The lowest BCUT2D eigenvalue weighted by molar-refractivity contribution is -0.146. The van der Waals surface area contributed by atoms with Gasteiger partial charge in [-0.05, 0) is 57.7 Å². The normalized spacial score (nSPS) is 30.2. The number of carboxylic acid groups (broad SMARTS) is 1. The van der Waals surface area contributed by atoms with E-state index < -0.39 is 11.9 Å². The molecule has 1 amide bonds. The molecule has 0 radical (unpaired) electrons. The van der Waals surface area contributed by atoms with Crippen LogP contribution in [0.1, 0.15) is 45.4 Å². The molecule has 2 fully saturated rings. The molecule has 0 aromatic carbocycles. The van der Waals surface area contributed by atoms with Gasteiger partial charge in [-0.15, -0.1) is 0 Å². The first-order chi connectivity index (χ1) is 10.1. The Morgan fingerprint density at radius 3 is 2.48 bits per heavy atom. The number of hydrogen-bond acceptors (Lipinski definition) is 3. The Balaban J connectivity index is 1.67. The summed E-state index contributed by atoms with van der Waals surface area (Å²) in [5.74, 6) is -1.40. The van der Waals surface area contributed by atoms with Gasteiger partial charge in [0.1, 0.15) is 0 Å². The van der Waals surface area contributed by atoms with Crippen molar-refractivity contribution in [3.8, 4) is 0 Å². The standard InChI is InChI=1S/C16H28N2O3/c1-12-10-13(14(11-12)16(20)21)15(19)17-6-5-9-18-7-3-2-4-8-18/h12-14H,2-11H2,1H3,(H,17,19)(H,20,21)/t12?,13-,14+/m0/s1. The summed E-state index contributed by atoms with van der Waals surface area (Å²) in [6.45, 7) is 6.07. The van der Waals surface area contributed by atoms with Crippen molar-refractivity contribution in [1.29, 1.82) is 0 Å². The third-order valence-electron chi connectivity index (χ3n) is 4.85. The number of likely N-dealkylation sites (tertiary alicyclic amines) is 1. The zero-order valence-electron chi connectivity index (χ0n) is 13.0. The summed E-state index contributed by atoms with van der Waals surface area (Å²) in [6.07, 6.45) is 6.19. The van der Waals surface area contributed by atoms with E-state index in [0.717, 1.165) is 13.0 Å². The van der Waals surface area contributed by atoms with E-state index in [2.05, 4.69) is 10.2 Å². The van der Waals surface area contributed by atoms with Crippen molar-refractivity contribution in [2.24, 2.45) is 17.8 Å². The largest absolute Gasteiger partial charge is 0.481 e. The van der Waals surface area contributed by atoms with Gasteiger partial charge in [-0.2, -0.15) is 0 Å². The van der Waals surface area contributed by atoms with E-state index in [1.165, 1.54) is 32.4 Å². The van der Waals surface area contributed by atoms with Crippen LogP contribution in [0.2, 0.25) is 0 Å². The molecule has 0 bridgehead atoms. The monoisotopic (exact) mass is 296 g/mol. The van der Waals surface area contributed by atoms with Gasteiger partial charge in [-0.3, -0.25) is 9.59 Å². The Kier molecular flexibility index (Phi) is 6.03. The first kappa shape index (κ1) is 16.3. The minimum atomic E-state index is -0.826. The molecule has 1 saturated heterocycles. The van der Waals surface area contributed by atoms with Gasteiger partial charge >= 0.3 is 5.97 Å². The Bertz CT molecular complexity index is 367. The Labute approximate surface area is 127 Å². The number of carbonyl (C=O) groups is 2. The summed E-state index contributed by atoms with van der Waals surface area (Å²) in [7, 11) is 0. The van der Waals surface area contributed by atoms with Gasteiger partial charge < -0.3 is 15.3 Å². The summed E-state index contributed by atoms with van der Waals surface area (Å²) in [6, 6.07) is 0. The number of aliphatic carboxylic acids is 1. The maximum atomic E-state index is 12.2. The van der Waals surface area contributed by atoms with Crippen LogP contribution in [0.15, 0.2) is 0 Å². The summed E-state index contributed by atoms with van der Waals surface area (Å²) >= 11 is 0. The third kappa shape index (κ3) is 4.70. The van der Waals surface area contributed by atoms with Crippen LogP contribution in [0.4, 0.5) is 0 Å². The van der Waals surface area contributed by atoms with E-state index in [9.17, 15) is 14.7 Å². The van der Waals surface area contributed by atoms with Gasteiger partial charge in [0.15, 0.2) is 0 Å². The second-order valence-corrected chi connectivity index (χ2v) is 6.67. The highest BCUT2D eigenvalue weighted by Gasteiger charge is 2.40. The van der Waals surface area contributed by atoms with E-state index in [1.807, 2.05) is 6.92 Å². The van der Waals surface area contributed by atoms with Crippen molar-refractivity contribution >= 4 is 11.9 Å². The Morgan fingerprint density at radius 2 is 1.81 bits per heavy atom. The molecule has 0 spiro atoms. The fourth-order valence-electron chi connectivity index (χ4n) is 3.68. The molecule has 1 saturated carbocycles. The van der Waals surface area contributed by atoms with Crippen LogP contribution in [0.3, 0.4) is 0 Å². The predicted molar refractivity (Wildman–Crippen MR) is 80.9 cm³/mol. The SMILES string of the molecule is CC1C[C@H](C(=O)NCCCN2CCCCC2)[C@H](C(=O)O)C1. The first-order valence-corrected chi connectivity index (χ1v) is 8.31. The minimum absolute atomic E-state index is 0.0644. The van der Waals surface area contributed by atoms with Crippen LogP contribution >= 0.6 is 0 Å². The average Bonchev–Trinajstić information content (AvgIpc) is 2.87. The maximum Gasteiger partial charge on any atom is 0.307 e. The molecule has 3 atom stereocenters. The highest BCUT2D eigenvalue weighted by molar-refractivity contribution is 5.85. The molecule has 120 valence electrons. The number of rotatable bonds is 6. The molecule has 21 heavy (non-hydrogen) atoms. The lowest BCUT2D eigenvalue weighted by Gasteiger charge is -2.26. The topological polar surface area (TPSA) is 69.6 Å². The molecule has 1 heterocycles. The molecule has 0 aromatic heterocycles. The van der Waals surface area contributed by atoms with Gasteiger partial charge in [0.2, 0.25) is 5.91 Å². The second-order valence-electron chi connectivity index (χ2n) is 6.67. The number of hydrogen-bond donors (Lipinski definition) is 2. The lowest BCUT2D eigenvalue weighted by atomic mass is 9.95. The molecule has 2 aliphatic rings. The molecule has 1 aliphatic heterocycles. The molecule has 5 nitrogen and oxygen atoms in total. The van der Waals surface area contributed by atoms with Gasteiger partial charge in [0.05, 0.1) is 11.8 Å². The van der Waals surface area contributed by atoms with Crippen molar-refractivity contribution in [2.45, 2.75) is 45.4 Å². The fourth-order valence-corrected chi connectivity index (χ4v) is 3.68. The maximum absolute atomic E-state index is 12.2. The van der Waals surface area contributed by atoms with Crippen LogP contribution in [0, 0.1) is 17.8 Å². The van der Waals surface area contributed by atoms with Crippen LogP contribution < -0.4 is 5.32 Å². The van der Waals surface area contributed by atoms with Crippen LogP contribution in [-0.4, -0.2) is 48.1 Å². The summed E-state index contributed by atoms with van der Waals surface area (Å²) in [5.41, 5.74) is 0. The van der Waals surface area contributed by atoms with Gasteiger partial charge in [-0.1, -0.05) is 13.3 Å².